The van der Waals surface area contributed by atoms with Crippen molar-refractivity contribution in [1.82, 2.24) is 14.8 Å². The summed E-state index contributed by atoms with van der Waals surface area (Å²) in [5, 5.41) is 16.6. The molecule has 0 saturated heterocycles. The zero-order chi connectivity index (χ0) is 14.1. The molecule has 0 aliphatic heterocycles. The van der Waals surface area contributed by atoms with E-state index in [4.69, 9.17) is 5.11 Å². The van der Waals surface area contributed by atoms with E-state index < -0.39 is 5.97 Å². The molecule has 0 aliphatic carbocycles. The van der Waals surface area contributed by atoms with Crippen LogP contribution in [0.5, 0.6) is 0 Å². The number of carbonyl (C=O) groups is 1. The van der Waals surface area contributed by atoms with Crippen molar-refractivity contribution in [3.05, 3.63) is 53.1 Å². The van der Waals surface area contributed by atoms with Gasteiger partial charge in [0.1, 0.15) is 6.54 Å². The van der Waals surface area contributed by atoms with Crippen molar-refractivity contribution in [2.24, 2.45) is 0 Å². The van der Waals surface area contributed by atoms with Crippen LogP contribution in [0.3, 0.4) is 0 Å². The third kappa shape index (κ3) is 2.18. The lowest BCUT2D eigenvalue weighted by Gasteiger charge is -2.06. The molecule has 20 heavy (non-hydrogen) atoms. The molecule has 0 aliphatic rings. The Morgan fingerprint density at radius 2 is 2.05 bits per heavy atom. The summed E-state index contributed by atoms with van der Waals surface area (Å²) in [7, 11) is 0. The molecule has 6 nitrogen and oxygen atoms in total. The van der Waals surface area contributed by atoms with Gasteiger partial charge in [0, 0.05) is 17.6 Å². The maximum absolute atomic E-state index is 11.6. The number of nitrogens with one attached hydrogen (secondary N) is 1. The highest BCUT2D eigenvalue weighted by Gasteiger charge is 2.06. The van der Waals surface area contributed by atoms with E-state index in [0.29, 0.717) is 0 Å². The van der Waals surface area contributed by atoms with Gasteiger partial charge in [-0.25, -0.2) is 0 Å². The van der Waals surface area contributed by atoms with Gasteiger partial charge >= 0.3 is 5.97 Å². The number of H-pyrrole nitrogens is 1. The number of aromatic amines is 1. The van der Waals surface area contributed by atoms with E-state index in [1.165, 1.54) is 10.6 Å². The molecule has 2 N–H and O–H groups in total. The highest BCUT2D eigenvalue weighted by molar-refractivity contribution is 5.83. The average Bonchev–Trinajstić information content (AvgIpc) is 2.88. The Hall–Kier alpha value is -2.89. The van der Waals surface area contributed by atoms with Crippen LogP contribution in [0.4, 0.5) is 0 Å². The van der Waals surface area contributed by atoms with E-state index in [-0.39, 0.29) is 12.1 Å². The van der Waals surface area contributed by atoms with Crippen LogP contribution in [0.1, 0.15) is 0 Å². The Morgan fingerprint density at radius 3 is 2.85 bits per heavy atom. The molecule has 100 valence electrons. The SMILES string of the molecule is O=C(O)Cn1cc(-c2ccc3[nH]ncc3c2)ccc1=O. The average molecular weight is 269 g/mol. The van der Waals surface area contributed by atoms with Crippen molar-refractivity contribution in [3.8, 4) is 11.1 Å². The van der Waals surface area contributed by atoms with Gasteiger partial charge in [0.25, 0.3) is 5.56 Å². The van der Waals surface area contributed by atoms with Crippen molar-refractivity contribution < 1.29 is 9.90 Å². The summed E-state index contributed by atoms with van der Waals surface area (Å²) in [5.74, 6) is -1.05. The number of aliphatic carboxylic acids is 1. The Morgan fingerprint density at radius 1 is 1.25 bits per heavy atom. The molecule has 0 atom stereocenters. The molecule has 0 amide bonds. The molecular formula is C14H11N3O3. The van der Waals surface area contributed by atoms with E-state index in [0.717, 1.165) is 22.0 Å². The fraction of sp³-hybridized carbons (Fsp3) is 0.0714. The van der Waals surface area contributed by atoms with E-state index >= 15 is 0 Å². The van der Waals surface area contributed by atoms with Gasteiger partial charge in [-0.1, -0.05) is 6.07 Å². The molecule has 0 saturated carbocycles. The van der Waals surface area contributed by atoms with Gasteiger partial charge < -0.3 is 9.67 Å². The second kappa shape index (κ2) is 4.65. The molecule has 6 heteroatoms. The van der Waals surface area contributed by atoms with Gasteiger partial charge in [0.15, 0.2) is 0 Å². The predicted molar refractivity (Wildman–Crippen MR) is 73.4 cm³/mol. The molecule has 0 fully saturated rings. The maximum Gasteiger partial charge on any atom is 0.323 e. The minimum Gasteiger partial charge on any atom is -0.480 e. The first kappa shape index (κ1) is 12.2. The molecule has 0 bridgehead atoms. The van der Waals surface area contributed by atoms with E-state index in [1.807, 2.05) is 18.2 Å². The van der Waals surface area contributed by atoms with Crippen molar-refractivity contribution in [1.29, 1.82) is 0 Å². The molecule has 3 aromatic rings. The lowest BCUT2D eigenvalue weighted by Crippen LogP contribution is -2.22. The Labute approximate surface area is 113 Å². The third-order valence-electron chi connectivity index (χ3n) is 3.06. The summed E-state index contributed by atoms with van der Waals surface area (Å²) in [6.45, 7) is -0.347. The number of aromatic nitrogens is 3. The quantitative estimate of drug-likeness (QED) is 0.753. The molecule has 0 unspecified atom stereocenters. The van der Waals surface area contributed by atoms with Gasteiger partial charge in [-0.3, -0.25) is 14.7 Å². The number of benzene rings is 1. The fourth-order valence-corrected chi connectivity index (χ4v) is 2.09. The number of nitrogens with zero attached hydrogens (tertiary/aromatic N) is 2. The Bertz CT molecular complexity index is 848. The van der Waals surface area contributed by atoms with Crippen molar-refractivity contribution in [3.63, 3.8) is 0 Å². The second-order valence-electron chi connectivity index (χ2n) is 4.45. The summed E-state index contributed by atoms with van der Waals surface area (Å²) < 4.78 is 1.18. The molecule has 1 aromatic carbocycles. The number of fused-ring (bicyclic) bond motifs is 1. The van der Waals surface area contributed by atoms with Crippen LogP contribution in [-0.2, 0) is 11.3 Å². The highest BCUT2D eigenvalue weighted by atomic mass is 16.4. The lowest BCUT2D eigenvalue weighted by atomic mass is 10.1. The number of carboxylic acids is 1. The Kier molecular flexibility index (Phi) is 2.83. The number of hydrogen-bond donors (Lipinski definition) is 2. The first-order chi connectivity index (χ1) is 9.63. The van der Waals surface area contributed by atoms with Crippen LogP contribution < -0.4 is 5.56 Å². The highest BCUT2D eigenvalue weighted by Crippen LogP contribution is 2.22. The van der Waals surface area contributed by atoms with Crippen LogP contribution in [0, 0.1) is 0 Å². The second-order valence-corrected chi connectivity index (χ2v) is 4.45. The van der Waals surface area contributed by atoms with Gasteiger partial charge in [0.05, 0.1) is 11.7 Å². The van der Waals surface area contributed by atoms with Gasteiger partial charge in [0.2, 0.25) is 0 Å². The minimum atomic E-state index is -1.05. The normalized spacial score (nSPS) is 10.8. The lowest BCUT2D eigenvalue weighted by molar-refractivity contribution is -0.137. The van der Waals surface area contributed by atoms with E-state index in [9.17, 15) is 9.59 Å². The molecule has 2 heterocycles. The number of rotatable bonds is 3. The topological polar surface area (TPSA) is 88.0 Å². The number of pyridine rings is 1. The van der Waals surface area contributed by atoms with Gasteiger partial charge in [-0.2, -0.15) is 5.10 Å². The smallest absolute Gasteiger partial charge is 0.323 e. The third-order valence-corrected chi connectivity index (χ3v) is 3.06. The largest absolute Gasteiger partial charge is 0.480 e. The number of carboxylic acid groups (broad SMARTS) is 1. The summed E-state index contributed by atoms with van der Waals surface area (Å²) in [5.41, 5.74) is 2.28. The van der Waals surface area contributed by atoms with Crippen LogP contribution in [0.25, 0.3) is 22.0 Å². The molecule has 0 radical (unpaired) electrons. The first-order valence-corrected chi connectivity index (χ1v) is 5.99. The first-order valence-electron chi connectivity index (χ1n) is 5.99. The predicted octanol–water partition coefficient (Wildman–Crippen LogP) is 1.48. The monoisotopic (exact) mass is 269 g/mol. The fourth-order valence-electron chi connectivity index (χ4n) is 2.09. The zero-order valence-corrected chi connectivity index (χ0v) is 10.4. The maximum atomic E-state index is 11.6. The molecule has 0 spiro atoms. The summed E-state index contributed by atoms with van der Waals surface area (Å²) >= 11 is 0. The van der Waals surface area contributed by atoms with Crippen LogP contribution in [0.15, 0.2) is 47.5 Å². The summed E-state index contributed by atoms with van der Waals surface area (Å²) in [6, 6.07) is 8.78. The molecule has 3 rings (SSSR count). The molecular weight excluding hydrogens is 258 g/mol. The van der Waals surface area contributed by atoms with Crippen LogP contribution in [-0.4, -0.2) is 25.8 Å². The van der Waals surface area contributed by atoms with Gasteiger partial charge in [-0.05, 0) is 29.3 Å². The van der Waals surface area contributed by atoms with Crippen molar-refractivity contribution >= 4 is 16.9 Å². The number of hydrogen-bond acceptors (Lipinski definition) is 3. The standard InChI is InChI=1S/C14H11N3O3/c18-13-4-2-10(7-17(13)8-14(19)20)9-1-3-12-11(5-9)6-15-16-12/h1-7H,8H2,(H,15,16)(H,19,20). The van der Waals surface area contributed by atoms with E-state index in [1.54, 1.807) is 18.5 Å². The van der Waals surface area contributed by atoms with Crippen LogP contribution >= 0.6 is 0 Å². The summed E-state index contributed by atoms with van der Waals surface area (Å²) in [6.07, 6.45) is 3.27. The van der Waals surface area contributed by atoms with Crippen molar-refractivity contribution in [2.75, 3.05) is 0 Å². The minimum absolute atomic E-state index is 0.333. The van der Waals surface area contributed by atoms with Crippen molar-refractivity contribution in [2.45, 2.75) is 6.54 Å². The van der Waals surface area contributed by atoms with Crippen LogP contribution in [0.2, 0.25) is 0 Å². The molecule has 2 aromatic heterocycles. The Balaban J connectivity index is 2.08. The summed E-state index contributed by atoms with van der Waals surface area (Å²) in [4.78, 5) is 22.3. The zero-order valence-electron chi connectivity index (χ0n) is 10.4. The van der Waals surface area contributed by atoms with E-state index in [2.05, 4.69) is 10.2 Å². The van der Waals surface area contributed by atoms with Gasteiger partial charge in [-0.15, -0.1) is 0 Å².